The van der Waals surface area contributed by atoms with E-state index in [-0.39, 0.29) is 5.91 Å². The first-order valence-electron chi connectivity index (χ1n) is 3.78. The zero-order valence-corrected chi connectivity index (χ0v) is 6.71. The van der Waals surface area contributed by atoms with Crippen LogP contribution in [0.2, 0.25) is 0 Å². The molecule has 0 fully saturated rings. The first kappa shape index (κ1) is 10.0. The number of ether oxygens (including phenoxy) is 1. The molecule has 0 aromatic rings. The van der Waals surface area contributed by atoms with Gasteiger partial charge in [-0.05, 0) is 19.3 Å². The minimum Gasteiger partial charge on any atom is -0.502 e. The van der Waals surface area contributed by atoms with Crippen molar-refractivity contribution < 1.29 is 9.53 Å². The van der Waals surface area contributed by atoms with Crippen LogP contribution in [0.1, 0.15) is 25.7 Å². The van der Waals surface area contributed by atoms with Gasteiger partial charge in [0.05, 0.1) is 12.9 Å². The lowest BCUT2D eigenvalue weighted by Gasteiger charge is -1.98. The number of carbonyl (C=O) groups is 1. The fourth-order valence-electron chi connectivity index (χ4n) is 0.745. The SMILES string of the molecule is C=COCCCCCC(N)=O. The van der Waals surface area contributed by atoms with Crippen LogP contribution in [0.15, 0.2) is 12.8 Å². The Kier molecular flexibility index (Phi) is 6.48. The normalized spacial score (nSPS) is 9.09. The highest BCUT2D eigenvalue weighted by molar-refractivity contribution is 5.73. The zero-order chi connectivity index (χ0) is 8.53. The van der Waals surface area contributed by atoms with E-state index in [1.807, 2.05) is 0 Å². The summed E-state index contributed by atoms with van der Waals surface area (Å²) in [5.41, 5.74) is 4.95. The molecule has 0 spiro atoms. The van der Waals surface area contributed by atoms with Crippen LogP contribution in [0.25, 0.3) is 0 Å². The van der Waals surface area contributed by atoms with Crippen molar-refractivity contribution in [2.75, 3.05) is 6.61 Å². The monoisotopic (exact) mass is 157 g/mol. The van der Waals surface area contributed by atoms with Gasteiger partial charge in [0.25, 0.3) is 0 Å². The molecular weight excluding hydrogens is 142 g/mol. The molecule has 0 heterocycles. The Hall–Kier alpha value is -0.990. The van der Waals surface area contributed by atoms with E-state index in [2.05, 4.69) is 6.58 Å². The summed E-state index contributed by atoms with van der Waals surface area (Å²) in [6.07, 6.45) is 4.70. The van der Waals surface area contributed by atoms with Crippen LogP contribution in [0.5, 0.6) is 0 Å². The fourth-order valence-corrected chi connectivity index (χ4v) is 0.745. The van der Waals surface area contributed by atoms with Crippen molar-refractivity contribution in [2.45, 2.75) is 25.7 Å². The highest BCUT2D eigenvalue weighted by atomic mass is 16.5. The van der Waals surface area contributed by atoms with E-state index in [1.165, 1.54) is 6.26 Å². The third-order valence-corrected chi connectivity index (χ3v) is 1.30. The number of unbranched alkanes of at least 4 members (excludes halogenated alkanes) is 2. The second kappa shape index (κ2) is 7.12. The third-order valence-electron chi connectivity index (χ3n) is 1.30. The van der Waals surface area contributed by atoms with Gasteiger partial charge in [0.15, 0.2) is 0 Å². The molecule has 0 atom stereocenters. The Bertz CT molecular complexity index is 123. The molecule has 1 amide bonds. The Labute approximate surface area is 67.2 Å². The molecule has 0 saturated heterocycles. The molecule has 3 heteroatoms. The first-order valence-corrected chi connectivity index (χ1v) is 3.78. The molecule has 0 aromatic carbocycles. The topological polar surface area (TPSA) is 52.3 Å². The quantitative estimate of drug-likeness (QED) is 0.446. The van der Waals surface area contributed by atoms with Crippen LogP contribution in [0, 0.1) is 0 Å². The minimum absolute atomic E-state index is 0.227. The van der Waals surface area contributed by atoms with Crippen LogP contribution < -0.4 is 5.73 Å². The number of amides is 1. The van der Waals surface area contributed by atoms with Gasteiger partial charge >= 0.3 is 0 Å². The standard InChI is InChI=1S/C8H15NO2/c1-2-11-7-5-3-4-6-8(9)10/h2H,1,3-7H2,(H2,9,10). The molecule has 0 radical (unpaired) electrons. The van der Waals surface area contributed by atoms with Gasteiger partial charge < -0.3 is 10.5 Å². The maximum Gasteiger partial charge on any atom is 0.217 e. The summed E-state index contributed by atoms with van der Waals surface area (Å²) >= 11 is 0. The molecule has 0 saturated carbocycles. The van der Waals surface area contributed by atoms with E-state index >= 15 is 0 Å². The van der Waals surface area contributed by atoms with E-state index in [4.69, 9.17) is 10.5 Å². The lowest BCUT2D eigenvalue weighted by molar-refractivity contribution is -0.118. The van der Waals surface area contributed by atoms with E-state index in [0.717, 1.165) is 19.3 Å². The predicted octanol–water partition coefficient (Wildman–Crippen LogP) is 1.19. The average molecular weight is 157 g/mol. The number of nitrogens with two attached hydrogens (primary N) is 1. The molecule has 0 aliphatic rings. The van der Waals surface area contributed by atoms with Gasteiger partial charge in [-0.25, -0.2) is 0 Å². The minimum atomic E-state index is -0.227. The van der Waals surface area contributed by atoms with E-state index in [1.54, 1.807) is 0 Å². The summed E-state index contributed by atoms with van der Waals surface area (Å²) < 4.78 is 4.89. The lowest BCUT2D eigenvalue weighted by atomic mass is 10.2. The Balaban J connectivity index is 2.90. The van der Waals surface area contributed by atoms with Gasteiger partial charge in [-0.15, -0.1) is 0 Å². The third kappa shape index (κ3) is 9.01. The average Bonchev–Trinajstić information content (AvgIpc) is 1.96. The van der Waals surface area contributed by atoms with Crippen LogP contribution >= 0.6 is 0 Å². The summed E-state index contributed by atoms with van der Waals surface area (Å²) in [5.74, 6) is -0.227. The van der Waals surface area contributed by atoms with Gasteiger partial charge in [-0.2, -0.15) is 0 Å². The van der Waals surface area contributed by atoms with Gasteiger partial charge in [0.2, 0.25) is 5.91 Å². The number of hydrogen-bond acceptors (Lipinski definition) is 2. The summed E-state index contributed by atoms with van der Waals surface area (Å²) in [6.45, 7) is 4.09. The van der Waals surface area contributed by atoms with E-state index in [0.29, 0.717) is 13.0 Å². The summed E-state index contributed by atoms with van der Waals surface area (Å²) in [4.78, 5) is 10.3. The molecule has 0 bridgehead atoms. The maximum atomic E-state index is 10.3. The van der Waals surface area contributed by atoms with E-state index < -0.39 is 0 Å². The summed E-state index contributed by atoms with van der Waals surface area (Å²) in [5, 5.41) is 0. The first-order chi connectivity index (χ1) is 5.27. The van der Waals surface area contributed by atoms with Crippen molar-refractivity contribution in [2.24, 2.45) is 5.73 Å². The molecular formula is C8H15NO2. The lowest BCUT2D eigenvalue weighted by Crippen LogP contribution is -2.09. The Morgan fingerprint density at radius 2 is 2.18 bits per heavy atom. The van der Waals surface area contributed by atoms with Crippen molar-refractivity contribution >= 4 is 5.91 Å². The predicted molar refractivity (Wildman–Crippen MR) is 43.8 cm³/mol. The molecule has 0 aliphatic heterocycles. The number of rotatable bonds is 7. The number of hydrogen-bond donors (Lipinski definition) is 1. The van der Waals surface area contributed by atoms with E-state index in [9.17, 15) is 4.79 Å². The molecule has 0 aromatic heterocycles. The maximum absolute atomic E-state index is 10.3. The van der Waals surface area contributed by atoms with Gasteiger partial charge in [-0.1, -0.05) is 6.58 Å². The smallest absolute Gasteiger partial charge is 0.217 e. The highest BCUT2D eigenvalue weighted by Gasteiger charge is 1.93. The van der Waals surface area contributed by atoms with Crippen LogP contribution in [-0.4, -0.2) is 12.5 Å². The van der Waals surface area contributed by atoms with Crippen molar-refractivity contribution in [1.29, 1.82) is 0 Å². The van der Waals surface area contributed by atoms with Crippen molar-refractivity contribution in [3.05, 3.63) is 12.8 Å². The largest absolute Gasteiger partial charge is 0.502 e. The summed E-state index contributed by atoms with van der Waals surface area (Å²) in [7, 11) is 0. The van der Waals surface area contributed by atoms with Gasteiger partial charge in [-0.3, -0.25) is 4.79 Å². The van der Waals surface area contributed by atoms with Crippen LogP contribution in [-0.2, 0) is 9.53 Å². The molecule has 2 N–H and O–H groups in total. The molecule has 64 valence electrons. The second-order valence-electron chi connectivity index (χ2n) is 2.31. The molecule has 3 nitrogen and oxygen atoms in total. The van der Waals surface area contributed by atoms with Crippen LogP contribution in [0.4, 0.5) is 0 Å². The van der Waals surface area contributed by atoms with Gasteiger partial charge in [0, 0.05) is 6.42 Å². The Morgan fingerprint density at radius 1 is 1.45 bits per heavy atom. The zero-order valence-electron chi connectivity index (χ0n) is 6.71. The van der Waals surface area contributed by atoms with Gasteiger partial charge in [0.1, 0.15) is 0 Å². The molecule has 11 heavy (non-hydrogen) atoms. The highest BCUT2D eigenvalue weighted by Crippen LogP contribution is 1.98. The van der Waals surface area contributed by atoms with Crippen molar-refractivity contribution in [1.82, 2.24) is 0 Å². The second-order valence-corrected chi connectivity index (χ2v) is 2.31. The molecule has 0 unspecified atom stereocenters. The van der Waals surface area contributed by atoms with Crippen molar-refractivity contribution in [3.8, 4) is 0 Å². The Morgan fingerprint density at radius 3 is 2.73 bits per heavy atom. The number of carbonyl (C=O) groups excluding carboxylic acids is 1. The fraction of sp³-hybridized carbons (Fsp3) is 0.625. The van der Waals surface area contributed by atoms with Crippen molar-refractivity contribution in [3.63, 3.8) is 0 Å². The number of primary amides is 1. The van der Waals surface area contributed by atoms with Crippen LogP contribution in [0.3, 0.4) is 0 Å². The molecule has 0 aliphatic carbocycles. The molecule has 0 rings (SSSR count). The summed E-state index contributed by atoms with van der Waals surface area (Å²) in [6, 6.07) is 0.